The van der Waals surface area contributed by atoms with Gasteiger partial charge in [0.2, 0.25) is 0 Å². The minimum atomic E-state index is -2.01. The Labute approximate surface area is 75.0 Å². The summed E-state index contributed by atoms with van der Waals surface area (Å²) in [6, 6.07) is 0. The van der Waals surface area contributed by atoms with Crippen molar-refractivity contribution in [2.45, 2.75) is 31.0 Å². The van der Waals surface area contributed by atoms with Crippen LogP contribution in [0.2, 0.25) is 0 Å². The molecule has 1 fully saturated rings. The van der Waals surface area contributed by atoms with Gasteiger partial charge in [0.15, 0.2) is 11.9 Å². The van der Waals surface area contributed by atoms with Crippen molar-refractivity contribution in [3.8, 4) is 0 Å². The maximum absolute atomic E-state index is 13.6. The molecule has 0 aromatic rings. The normalized spacial score (nSPS) is 46.0. The number of alkyl halides is 1. The highest BCUT2D eigenvalue weighted by molar-refractivity contribution is 5.51. The molecule has 0 amide bonds. The fraction of sp³-hybridized carbons (Fsp3) is 0.857. The first kappa shape index (κ1) is 10.4. The van der Waals surface area contributed by atoms with Crippen molar-refractivity contribution in [1.29, 1.82) is 0 Å². The Morgan fingerprint density at radius 2 is 2.38 bits per heavy atom. The number of aliphatic imine (C=N–C) groups is 1. The van der Waals surface area contributed by atoms with Crippen molar-refractivity contribution in [3.63, 3.8) is 0 Å². The van der Waals surface area contributed by atoms with Crippen LogP contribution in [0, 0.1) is 0 Å². The minimum absolute atomic E-state index is 0.447. The van der Waals surface area contributed by atoms with E-state index in [-0.39, 0.29) is 0 Å². The van der Waals surface area contributed by atoms with E-state index < -0.39 is 30.7 Å². The number of aliphatic hydroxyl groups excluding tert-OH is 2. The molecule has 0 bridgehead atoms. The smallest absolute Gasteiger partial charge is 0.186 e. The lowest BCUT2D eigenvalue weighted by molar-refractivity contribution is -0.0192. The lowest BCUT2D eigenvalue weighted by Gasteiger charge is -2.20. The van der Waals surface area contributed by atoms with Gasteiger partial charge < -0.3 is 20.7 Å². The maximum atomic E-state index is 13.6. The van der Waals surface area contributed by atoms with Crippen LogP contribution in [0.5, 0.6) is 0 Å². The molecule has 4 atom stereocenters. The Morgan fingerprint density at radius 1 is 1.77 bits per heavy atom. The van der Waals surface area contributed by atoms with Crippen molar-refractivity contribution < 1.29 is 19.3 Å². The molecule has 13 heavy (non-hydrogen) atoms. The monoisotopic (exact) mass is 192 g/mol. The lowest BCUT2D eigenvalue weighted by Crippen LogP contribution is -2.41. The second-order valence-electron chi connectivity index (χ2n) is 3.10. The average molecular weight is 192 g/mol. The zero-order valence-electron chi connectivity index (χ0n) is 7.22. The van der Waals surface area contributed by atoms with E-state index in [0.29, 0.717) is 0 Å². The van der Waals surface area contributed by atoms with E-state index in [9.17, 15) is 9.50 Å². The highest BCUT2D eigenvalue weighted by Crippen LogP contribution is 2.34. The largest absolute Gasteiger partial charge is 0.394 e. The van der Waals surface area contributed by atoms with E-state index in [2.05, 4.69) is 4.99 Å². The SMILES string of the molecule is C[C@]1(F)[C@H](N=CN)O[C@H](CO)[C@H]1O. The van der Waals surface area contributed by atoms with Gasteiger partial charge in [0.25, 0.3) is 0 Å². The number of halogens is 1. The second-order valence-corrected chi connectivity index (χ2v) is 3.10. The van der Waals surface area contributed by atoms with Crippen LogP contribution in [0.3, 0.4) is 0 Å². The fourth-order valence-corrected chi connectivity index (χ4v) is 1.28. The van der Waals surface area contributed by atoms with Crippen LogP contribution in [-0.4, -0.2) is 47.3 Å². The molecule has 0 unspecified atom stereocenters. The zero-order chi connectivity index (χ0) is 10.1. The van der Waals surface area contributed by atoms with E-state index in [0.717, 1.165) is 13.3 Å². The molecule has 4 N–H and O–H groups in total. The first-order valence-electron chi connectivity index (χ1n) is 3.90. The molecule has 0 spiro atoms. The number of nitrogens with zero attached hydrogens (tertiary/aromatic N) is 1. The van der Waals surface area contributed by atoms with Crippen molar-refractivity contribution in [3.05, 3.63) is 0 Å². The van der Waals surface area contributed by atoms with Crippen LogP contribution in [-0.2, 0) is 4.74 Å². The Hall–Kier alpha value is -0.720. The van der Waals surface area contributed by atoms with Crippen molar-refractivity contribution in [2.24, 2.45) is 10.7 Å². The molecule has 1 aliphatic heterocycles. The molecule has 1 rings (SSSR count). The van der Waals surface area contributed by atoms with Crippen LogP contribution in [0.25, 0.3) is 0 Å². The van der Waals surface area contributed by atoms with E-state index in [1.54, 1.807) is 0 Å². The highest BCUT2D eigenvalue weighted by atomic mass is 19.1. The molecule has 0 aromatic heterocycles. The topological polar surface area (TPSA) is 88.1 Å². The molecule has 0 radical (unpaired) electrons. The van der Waals surface area contributed by atoms with Gasteiger partial charge in [-0.1, -0.05) is 0 Å². The molecule has 1 aliphatic rings. The van der Waals surface area contributed by atoms with Crippen LogP contribution in [0.1, 0.15) is 6.92 Å². The van der Waals surface area contributed by atoms with Crippen LogP contribution < -0.4 is 5.73 Å². The fourth-order valence-electron chi connectivity index (χ4n) is 1.28. The van der Waals surface area contributed by atoms with E-state index >= 15 is 0 Å². The molecule has 1 saturated heterocycles. The number of aliphatic hydroxyl groups is 2. The predicted octanol–water partition coefficient (Wildman–Crippen LogP) is -1.22. The standard InChI is InChI=1S/C7H13FN2O3/c1-7(8)5(12)4(2-11)13-6(7)10-3-9/h3-6,11-12H,2H2,1H3,(H2,9,10)/t4-,5-,6-,7-/m1/s1. The van der Waals surface area contributed by atoms with Crippen molar-refractivity contribution >= 4 is 6.34 Å². The number of nitrogens with two attached hydrogens (primary N) is 1. The average Bonchev–Trinajstić information content (AvgIpc) is 2.29. The van der Waals surface area contributed by atoms with Gasteiger partial charge in [-0.2, -0.15) is 0 Å². The Kier molecular flexibility index (Phi) is 2.84. The van der Waals surface area contributed by atoms with Gasteiger partial charge in [-0.3, -0.25) is 0 Å². The third-order valence-electron chi connectivity index (χ3n) is 2.12. The highest BCUT2D eigenvalue weighted by Gasteiger charge is 2.53. The Balaban J connectivity index is 2.79. The van der Waals surface area contributed by atoms with Crippen LogP contribution >= 0.6 is 0 Å². The first-order chi connectivity index (χ1) is 6.04. The quantitative estimate of drug-likeness (QED) is 0.378. The summed E-state index contributed by atoms with van der Waals surface area (Å²) in [5.41, 5.74) is 2.97. The van der Waals surface area contributed by atoms with Gasteiger partial charge in [-0.05, 0) is 6.92 Å². The summed E-state index contributed by atoms with van der Waals surface area (Å²) >= 11 is 0. The van der Waals surface area contributed by atoms with Crippen LogP contribution in [0.15, 0.2) is 4.99 Å². The number of rotatable bonds is 2. The minimum Gasteiger partial charge on any atom is -0.394 e. The summed E-state index contributed by atoms with van der Waals surface area (Å²) in [5.74, 6) is 0. The van der Waals surface area contributed by atoms with Gasteiger partial charge in [-0.25, -0.2) is 9.38 Å². The molecule has 76 valence electrons. The molecule has 0 saturated carbocycles. The zero-order valence-corrected chi connectivity index (χ0v) is 7.22. The predicted molar refractivity (Wildman–Crippen MR) is 43.9 cm³/mol. The molecule has 6 heteroatoms. The Bertz CT molecular complexity index is 210. The van der Waals surface area contributed by atoms with Gasteiger partial charge in [0.05, 0.1) is 12.9 Å². The van der Waals surface area contributed by atoms with Crippen molar-refractivity contribution in [2.75, 3.05) is 6.61 Å². The van der Waals surface area contributed by atoms with E-state index in [1.807, 2.05) is 0 Å². The third-order valence-corrected chi connectivity index (χ3v) is 2.12. The van der Waals surface area contributed by atoms with E-state index in [4.69, 9.17) is 15.6 Å². The summed E-state index contributed by atoms with van der Waals surface area (Å²) in [6.45, 7) is 0.711. The third kappa shape index (κ3) is 1.65. The number of hydrogen-bond acceptors (Lipinski definition) is 4. The van der Waals surface area contributed by atoms with Gasteiger partial charge in [0, 0.05) is 0 Å². The van der Waals surface area contributed by atoms with Crippen LogP contribution in [0.4, 0.5) is 4.39 Å². The number of hydrogen-bond donors (Lipinski definition) is 3. The second kappa shape index (κ2) is 3.57. The summed E-state index contributed by atoms with van der Waals surface area (Å²) in [6.07, 6.45) is -2.56. The summed E-state index contributed by atoms with van der Waals surface area (Å²) in [7, 11) is 0. The number of ether oxygens (including phenoxy) is 1. The molecular weight excluding hydrogens is 179 g/mol. The molecule has 0 aromatic carbocycles. The molecule has 5 nitrogen and oxygen atoms in total. The van der Waals surface area contributed by atoms with Gasteiger partial charge in [-0.15, -0.1) is 0 Å². The van der Waals surface area contributed by atoms with Gasteiger partial charge >= 0.3 is 0 Å². The first-order valence-corrected chi connectivity index (χ1v) is 3.90. The summed E-state index contributed by atoms with van der Waals surface area (Å²) in [5, 5.41) is 18.1. The molecule has 1 heterocycles. The molecular formula is C7H13FN2O3. The summed E-state index contributed by atoms with van der Waals surface area (Å²) < 4.78 is 18.6. The summed E-state index contributed by atoms with van der Waals surface area (Å²) in [4.78, 5) is 3.51. The maximum Gasteiger partial charge on any atom is 0.186 e. The Morgan fingerprint density at radius 3 is 2.77 bits per heavy atom. The van der Waals surface area contributed by atoms with E-state index in [1.165, 1.54) is 0 Å². The van der Waals surface area contributed by atoms with Crippen molar-refractivity contribution in [1.82, 2.24) is 0 Å². The molecule has 0 aliphatic carbocycles. The lowest BCUT2D eigenvalue weighted by atomic mass is 9.99. The van der Waals surface area contributed by atoms with Gasteiger partial charge in [0.1, 0.15) is 12.2 Å².